The Labute approximate surface area is 207 Å². The van der Waals surface area contributed by atoms with Crippen LogP contribution >= 0.6 is 15.9 Å². The summed E-state index contributed by atoms with van der Waals surface area (Å²) in [5.74, 6) is -0.207. The van der Waals surface area contributed by atoms with Gasteiger partial charge in [0, 0.05) is 15.7 Å². The molecule has 5 rings (SSSR count). The highest BCUT2D eigenvalue weighted by Gasteiger charge is 2.24. The lowest BCUT2D eigenvalue weighted by Gasteiger charge is -2.14. The molecular formula is C27H29BrN4O2. The fourth-order valence-corrected chi connectivity index (χ4v) is 4.86. The summed E-state index contributed by atoms with van der Waals surface area (Å²) in [5, 5.41) is 7.36. The average Bonchev–Trinajstić information content (AvgIpc) is 3.44. The van der Waals surface area contributed by atoms with E-state index in [0.29, 0.717) is 5.52 Å². The number of benzene rings is 2. The lowest BCUT2D eigenvalue weighted by Crippen LogP contribution is -2.35. The molecule has 1 unspecified atom stereocenters. The Balaban J connectivity index is 0.00000133. The van der Waals surface area contributed by atoms with E-state index in [1.165, 1.54) is 10.2 Å². The maximum atomic E-state index is 13.2. The van der Waals surface area contributed by atoms with Crippen LogP contribution in [0, 0.1) is 0 Å². The number of rotatable bonds is 5. The van der Waals surface area contributed by atoms with Crippen LogP contribution in [0.2, 0.25) is 0 Å². The molecule has 6 nitrogen and oxygen atoms in total. The van der Waals surface area contributed by atoms with Gasteiger partial charge in [-0.05, 0) is 54.2 Å². The average molecular weight is 521 g/mol. The monoisotopic (exact) mass is 520 g/mol. The topological polar surface area (TPSA) is 68.4 Å². The van der Waals surface area contributed by atoms with Crippen LogP contribution in [0.25, 0.3) is 16.6 Å². The van der Waals surface area contributed by atoms with Crippen molar-refractivity contribution in [2.45, 2.75) is 52.6 Å². The molecule has 7 heteroatoms. The Morgan fingerprint density at radius 2 is 1.88 bits per heavy atom. The van der Waals surface area contributed by atoms with Gasteiger partial charge < -0.3 is 5.32 Å². The molecule has 1 aliphatic rings. The zero-order chi connectivity index (χ0) is 24.2. The van der Waals surface area contributed by atoms with Crippen molar-refractivity contribution in [2.24, 2.45) is 0 Å². The Kier molecular flexibility index (Phi) is 7.32. The van der Waals surface area contributed by atoms with Gasteiger partial charge in [-0.2, -0.15) is 5.10 Å². The van der Waals surface area contributed by atoms with Crippen LogP contribution < -0.4 is 10.9 Å². The van der Waals surface area contributed by atoms with Gasteiger partial charge in [-0.1, -0.05) is 73.1 Å². The molecule has 1 N–H and O–H groups in total. The number of fused-ring (bicyclic) bond motifs is 2. The molecule has 2 heterocycles. The second-order valence-corrected chi connectivity index (χ2v) is 8.99. The van der Waals surface area contributed by atoms with Crippen molar-refractivity contribution in [1.82, 2.24) is 19.5 Å². The van der Waals surface area contributed by atoms with E-state index in [1.54, 1.807) is 6.33 Å². The highest BCUT2D eigenvalue weighted by Crippen LogP contribution is 2.31. The molecule has 176 valence electrons. The number of carbonyl (C=O) groups excluding carboxylic acids is 1. The van der Waals surface area contributed by atoms with Crippen LogP contribution in [-0.2, 0) is 24.2 Å². The molecule has 0 bridgehead atoms. The van der Waals surface area contributed by atoms with Gasteiger partial charge in [0.25, 0.3) is 5.56 Å². The summed E-state index contributed by atoms with van der Waals surface area (Å²) in [6, 6.07) is 18.1. The third kappa shape index (κ3) is 4.57. The van der Waals surface area contributed by atoms with E-state index in [9.17, 15) is 9.59 Å². The summed E-state index contributed by atoms with van der Waals surface area (Å²) in [5.41, 5.74) is 5.75. The first kappa shape index (κ1) is 24.0. The summed E-state index contributed by atoms with van der Waals surface area (Å²) in [7, 11) is 0. The summed E-state index contributed by atoms with van der Waals surface area (Å²) in [6.07, 6.45) is 4.22. The number of hydrogen-bond acceptors (Lipinski definition) is 3. The van der Waals surface area contributed by atoms with E-state index in [2.05, 4.69) is 45.4 Å². The van der Waals surface area contributed by atoms with Crippen LogP contribution in [0.4, 0.5) is 0 Å². The molecule has 1 aliphatic carbocycles. The van der Waals surface area contributed by atoms with Crippen LogP contribution in [0.5, 0.6) is 0 Å². The molecular weight excluding hydrogens is 492 g/mol. The highest BCUT2D eigenvalue weighted by atomic mass is 79.9. The normalized spacial score (nSPS) is 14.4. The predicted molar refractivity (Wildman–Crippen MR) is 139 cm³/mol. The number of aryl methyl sites for hydroxylation is 2. The molecule has 1 atom stereocenters. The number of carbonyl (C=O) groups is 1. The molecule has 0 radical (unpaired) electrons. The van der Waals surface area contributed by atoms with E-state index in [-0.39, 0.29) is 24.1 Å². The maximum absolute atomic E-state index is 13.2. The molecule has 0 spiro atoms. The van der Waals surface area contributed by atoms with Gasteiger partial charge >= 0.3 is 0 Å². The van der Waals surface area contributed by atoms with E-state index < -0.39 is 0 Å². The summed E-state index contributed by atoms with van der Waals surface area (Å²) in [6.45, 7) is 5.96. The number of nitrogens with zero attached hydrogens (tertiary/aromatic N) is 3. The Morgan fingerprint density at radius 1 is 1.15 bits per heavy atom. The van der Waals surface area contributed by atoms with Crippen molar-refractivity contribution in [1.29, 1.82) is 0 Å². The second kappa shape index (κ2) is 10.4. The van der Waals surface area contributed by atoms with Gasteiger partial charge in [0.2, 0.25) is 5.91 Å². The first-order valence-electron chi connectivity index (χ1n) is 11.8. The smallest absolute Gasteiger partial charge is 0.291 e. The van der Waals surface area contributed by atoms with E-state index in [0.717, 1.165) is 46.1 Å². The molecule has 4 aromatic rings. The van der Waals surface area contributed by atoms with E-state index >= 15 is 0 Å². The fourth-order valence-electron chi connectivity index (χ4n) is 4.60. The number of aromatic nitrogens is 3. The third-order valence-electron chi connectivity index (χ3n) is 6.15. The minimum absolute atomic E-state index is 0.0119. The Bertz CT molecular complexity index is 1370. The molecule has 0 saturated carbocycles. The van der Waals surface area contributed by atoms with E-state index in [4.69, 9.17) is 0 Å². The van der Waals surface area contributed by atoms with E-state index in [1.807, 2.05) is 60.7 Å². The quantitative estimate of drug-likeness (QED) is 0.387. The van der Waals surface area contributed by atoms with Crippen molar-refractivity contribution < 1.29 is 4.79 Å². The van der Waals surface area contributed by atoms with Gasteiger partial charge in [-0.3, -0.25) is 14.0 Å². The lowest BCUT2D eigenvalue weighted by molar-refractivity contribution is -0.122. The summed E-state index contributed by atoms with van der Waals surface area (Å²) >= 11 is 3.47. The summed E-state index contributed by atoms with van der Waals surface area (Å²) in [4.78, 5) is 25.9. The standard InChI is InChI=1S/C25H23BrN4O2.C2H6/c1-2-22-20(17-7-10-18(26)11-8-17)13-23-25(32)30(27-15-29(22)23)14-24(31)28-21-12-9-16-5-3-4-6-19(16)21;1-2/h3-8,10-11,13,15,21H,2,9,12,14H2,1H3,(H,28,31);1-2H3. The molecule has 0 fully saturated rings. The molecule has 0 aliphatic heterocycles. The maximum Gasteiger partial charge on any atom is 0.291 e. The third-order valence-corrected chi connectivity index (χ3v) is 6.68. The molecule has 1 amide bonds. The van der Waals surface area contributed by atoms with Gasteiger partial charge in [0.15, 0.2) is 0 Å². The molecule has 34 heavy (non-hydrogen) atoms. The minimum Gasteiger partial charge on any atom is -0.348 e. The SMILES string of the molecule is CC.CCc1c(-c2ccc(Br)cc2)cc2c(=O)n(CC(=O)NC3CCc4ccccc43)ncn12. The number of halogens is 1. The van der Waals surface area contributed by atoms with Gasteiger partial charge in [0.05, 0.1) is 6.04 Å². The lowest BCUT2D eigenvalue weighted by atomic mass is 10.1. The molecule has 2 aromatic heterocycles. The highest BCUT2D eigenvalue weighted by molar-refractivity contribution is 9.10. The number of amides is 1. The number of hydrogen-bond donors (Lipinski definition) is 1. The first-order valence-corrected chi connectivity index (χ1v) is 12.6. The van der Waals surface area contributed by atoms with Crippen LogP contribution in [-0.4, -0.2) is 20.1 Å². The first-order chi connectivity index (χ1) is 16.5. The fraction of sp³-hybridized carbons (Fsp3) is 0.296. The Hall–Kier alpha value is -3.19. The van der Waals surface area contributed by atoms with Crippen molar-refractivity contribution >= 4 is 27.4 Å². The van der Waals surface area contributed by atoms with Crippen LogP contribution in [0.15, 0.2) is 70.2 Å². The van der Waals surface area contributed by atoms with Crippen LogP contribution in [0.3, 0.4) is 0 Å². The van der Waals surface area contributed by atoms with Gasteiger partial charge in [-0.15, -0.1) is 0 Å². The van der Waals surface area contributed by atoms with Crippen molar-refractivity contribution in [3.63, 3.8) is 0 Å². The summed E-state index contributed by atoms with van der Waals surface area (Å²) < 4.78 is 4.08. The second-order valence-electron chi connectivity index (χ2n) is 8.07. The zero-order valence-electron chi connectivity index (χ0n) is 19.7. The van der Waals surface area contributed by atoms with Gasteiger partial charge in [-0.25, -0.2) is 4.68 Å². The van der Waals surface area contributed by atoms with Crippen molar-refractivity contribution in [3.05, 3.63) is 92.6 Å². The van der Waals surface area contributed by atoms with Crippen molar-refractivity contribution in [3.8, 4) is 11.1 Å². The minimum atomic E-state index is -0.271. The largest absolute Gasteiger partial charge is 0.348 e. The van der Waals surface area contributed by atoms with Gasteiger partial charge in [0.1, 0.15) is 18.4 Å². The van der Waals surface area contributed by atoms with Crippen LogP contribution in [0.1, 0.15) is 50.1 Å². The predicted octanol–water partition coefficient (Wildman–Crippen LogP) is 5.32. The van der Waals surface area contributed by atoms with Crippen molar-refractivity contribution in [2.75, 3.05) is 0 Å². The zero-order valence-corrected chi connectivity index (χ0v) is 21.3. The molecule has 2 aromatic carbocycles. The Morgan fingerprint density at radius 3 is 2.62 bits per heavy atom. The number of nitrogens with one attached hydrogen (secondary N) is 1. The molecule has 0 saturated heterocycles.